The van der Waals surface area contributed by atoms with E-state index in [0.717, 1.165) is 11.3 Å². The Bertz CT molecular complexity index is 953. The molecule has 154 valence electrons. The van der Waals surface area contributed by atoms with Crippen molar-refractivity contribution in [1.82, 2.24) is 5.32 Å². The highest BCUT2D eigenvalue weighted by atomic mass is 16.5. The van der Waals surface area contributed by atoms with Crippen molar-refractivity contribution in [3.63, 3.8) is 0 Å². The summed E-state index contributed by atoms with van der Waals surface area (Å²) >= 11 is 0. The molecule has 0 heterocycles. The number of esters is 1. The summed E-state index contributed by atoms with van der Waals surface area (Å²) in [6.07, 6.45) is 0.590. The molecule has 0 aliphatic rings. The van der Waals surface area contributed by atoms with Crippen molar-refractivity contribution in [3.05, 3.63) is 90.0 Å². The van der Waals surface area contributed by atoms with Gasteiger partial charge in [0.05, 0.1) is 13.7 Å². The number of hydrogen-bond acceptors (Lipinski definition) is 5. The second kappa shape index (κ2) is 10.7. The third-order valence-electron chi connectivity index (χ3n) is 4.30. The monoisotopic (exact) mass is 405 g/mol. The maximum absolute atomic E-state index is 12.2. The fourth-order valence-corrected chi connectivity index (χ4v) is 2.68. The molecule has 0 atom stereocenters. The maximum Gasteiger partial charge on any atom is 0.325 e. The number of nitrogens with one attached hydrogen (secondary N) is 1. The van der Waals surface area contributed by atoms with Crippen molar-refractivity contribution in [2.75, 3.05) is 20.3 Å². The molecule has 1 N–H and O–H groups in total. The highest BCUT2D eigenvalue weighted by molar-refractivity contribution is 5.96. The van der Waals surface area contributed by atoms with Crippen LogP contribution in [0.5, 0.6) is 17.2 Å². The van der Waals surface area contributed by atoms with Crippen molar-refractivity contribution in [1.29, 1.82) is 0 Å². The molecule has 0 spiro atoms. The lowest BCUT2D eigenvalue weighted by molar-refractivity contribution is -0.142. The van der Waals surface area contributed by atoms with Crippen molar-refractivity contribution >= 4 is 11.9 Å². The minimum atomic E-state index is -0.485. The van der Waals surface area contributed by atoms with Gasteiger partial charge in [-0.25, -0.2) is 0 Å². The largest absolute Gasteiger partial charge is 0.497 e. The number of carbonyl (C=O) groups excluding carboxylic acids is 2. The molecule has 30 heavy (non-hydrogen) atoms. The van der Waals surface area contributed by atoms with Gasteiger partial charge in [-0.3, -0.25) is 9.59 Å². The van der Waals surface area contributed by atoms with Crippen LogP contribution < -0.4 is 14.8 Å². The van der Waals surface area contributed by atoms with Crippen molar-refractivity contribution < 1.29 is 23.8 Å². The van der Waals surface area contributed by atoms with Crippen LogP contribution in [0.15, 0.2) is 78.9 Å². The molecule has 0 aliphatic heterocycles. The molecule has 3 aromatic carbocycles. The predicted molar refractivity (Wildman–Crippen MR) is 113 cm³/mol. The molecule has 6 heteroatoms. The molecule has 0 fully saturated rings. The third kappa shape index (κ3) is 6.38. The molecule has 3 rings (SSSR count). The first-order chi connectivity index (χ1) is 14.6. The summed E-state index contributed by atoms with van der Waals surface area (Å²) < 4.78 is 16.0. The topological polar surface area (TPSA) is 73.9 Å². The van der Waals surface area contributed by atoms with E-state index >= 15 is 0 Å². The van der Waals surface area contributed by atoms with E-state index in [1.807, 2.05) is 54.6 Å². The summed E-state index contributed by atoms with van der Waals surface area (Å²) in [4.78, 5) is 24.1. The fourth-order valence-electron chi connectivity index (χ4n) is 2.68. The van der Waals surface area contributed by atoms with Gasteiger partial charge in [-0.1, -0.05) is 30.3 Å². The highest BCUT2D eigenvalue weighted by Crippen LogP contribution is 2.21. The van der Waals surface area contributed by atoms with Crippen LogP contribution in [0.3, 0.4) is 0 Å². The molecule has 0 bridgehead atoms. The fraction of sp³-hybridized carbons (Fsp3) is 0.167. The third-order valence-corrected chi connectivity index (χ3v) is 4.30. The van der Waals surface area contributed by atoms with Crippen LogP contribution in [-0.4, -0.2) is 32.1 Å². The Labute approximate surface area is 175 Å². The molecule has 0 radical (unpaired) electrons. The van der Waals surface area contributed by atoms with Crippen LogP contribution in [0.4, 0.5) is 0 Å². The number of ether oxygens (including phenoxy) is 3. The van der Waals surface area contributed by atoms with Gasteiger partial charge in [0.2, 0.25) is 0 Å². The quantitative estimate of drug-likeness (QED) is 0.545. The maximum atomic E-state index is 12.2. The summed E-state index contributed by atoms with van der Waals surface area (Å²) in [5, 5.41) is 2.56. The van der Waals surface area contributed by atoms with Crippen molar-refractivity contribution in [2.45, 2.75) is 6.42 Å². The van der Waals surface area contributed by atoms with Crippen LogP contribution in [0, 0.1) is 0 Å². The van der Waals surface area contributed by atoms with Crippen molar-refractivity contribution in [3.8, 4) is 17.2 Å². The van der Waals surface area contributed by atoms with Gasteiger partial charge in [0.1, 0.15) is 23.8 Å². The lowest BCUT2D eigenvalue weighted by Gasteiger charge is -2.08. The summed E-state index contributed by atoms with van der Waals surface area (Å²) in [5.74, 6) is 1.27. The highest BCUT2D eigenvalue weighted by Gasteiger charge is 2.09. The normalized spacial score (nSPS) is 10.2. The van der Waals surface area contributed by atoms with Gasteiger partial charge in [0.15, 0.2) is 0 Å². The molecular weight excluding hydrogens is 382 g/mol. The van der Waals surface area contributed by atoms with E-state index in [0.29, 0.717) is 23.5 Å². The summed E-state index contributed by atoms with van der Waals surface area (Å²) in [6.45, 7) is 0.0519. The Hall–Kier alpha value is -3.80. The second-order valence-electron chi connectivity index (χ2n) is 6.44. The Kier molecular flexibility index (Phi) is 7.44. The first-order valence-electron chi connectivity index (χ1n) is 9.54. The zero-order chi connectivity index (χ0) is 21.2. The van der Waals surface area contributed by atoms with Crippen LogP contribution in [0.25, 0.3) is 0 Å². The van der Waals surface area contributed by atoms with Crippen LogP contribution in [0.1, 0.15) is 15.9 Å². The predicted octanol–water partition coefficient (Wildman–Crippen LogP) is 4.00. The second-order valence-corrected chi connectivity index (χ2v) is 6.44. The van der Waals surface area contributed by atoms with Gasteiger partial charge in [-0.2, -0.15) is 0 Å². The van der Waals surface area contributed by atoms with Crippen LogP contribution in [-0.2, 0) is 16.0 Å². The van der Waals surface area contributed by atoms with E-state index in [9.17, 15) is 9.59 Å². The lowest BCUT2D eigenvalue weighted by Crippen LogP contribution is -2.30. The lowest BCUT2D eigenvalue weighted by atomic mass is 10.1. The van der Waals surface area contributed by atoms with E-state index in [1.54, 1.807) is 31.4 Å². The summed E-state index contributed by atoms with van der Waals surface area (Å²) in [7, 11) is 1.61. The Morgan fingerprint density at radius 3 is 2.10 bits per heavy atom. The number of benzene rings is 3. The summed E-state index contributed by atoms with van der Waals surface area (Å²) in [6, 6.07) is 23.6. The van der Waals surface area contributed by atoms with Crippen LogP contribution in [0.2, 0.25) is 0 Å². The molecule has 0 saturated carbocycles. The molecular formula is C24H23NO5. The number of hydrogen-bond donors (Lipinski definition) is 1. The minimum Gasteiger partial charge on any atom is -0.497 e. The molecule has 0 aromatic heterocycles. The van der Waals surface area contributed by atoms with Crippen LogP contribution >= 0.6 is 0 Å². The standard InChI is InChI=1S/C24H23NO5/c1-28-20-11-7-18(8-12-20)15-16-29-23(26)17-25-24(27)19-9-13-22(14-10-19)30-21-5-3-2-4-6-21/h2-14H,15-17H2,1H3,(H,25,27). The number of methoxy groups -OCH3 is 1. The van der Waals surface area contributed by atoms with Gasteiger partial charge in [0, 0.05) is 12.0 Å². The smallest absolute Gasteiger partial charge is 0.325 e. The number of carbonyl (C=O) groups is 2. The number of para-hydroxylation sites is 1. The van der Waals surface area contributed by atoms with Gasteiger partial charge in [0.25, 0.3) is 5.91 Å². The van der Waals surface area contributed by atoms with Gasteiger partial charge in [-0.05, 0) is 54.1 Å². The van der Waals surface area contributed by atoms with E-state index < -0.39 is 5.97 Å². The summed E-state index contributed by atoms with van der Waals surface area (Å²) in [5.41, 5.74) is 1.46. The van der Waals surface area contributed by atoms with E-state index in [2.05, 4.69) is 5.32 Å². The molecule has 1 amide bonds. The van der Waals surface area contributed by atoms with Crippen molar-refractivity contribution in [2.24, 2.45) is 0 Å². The Morgan fingerprint density at radius 1 is 0.800 bits per heavy atom. The van der Waals surface area contributed by atoms with E-state index in [1.165, 1.54) is 0 Å². The van der Waals surface area contributed by atoms with E-state index in [-0.39, 0.29) is 19.1 Å². The Morgan fingerprint density at radius 2 is 1.43 bits per heavy atom. The molecule has 3 aromatic rings. The Balaban J connectivity index is 1.39. The molecule has 0 saturated heterocycles. The number of rotatable bonds is 9. The zero-order valence-corrected chi connectivity index (χ0v) is 16.7. The van der Waals surface area contributed by atoms with Gasteiger partial charge < -0.3 is 19.5 Å². The first-order valence-corrected chi connectivity index (χ1v) is 9.54. The molecule has 0 unspecified atom stereocenters. The minimum absolute atomic E-state index is 0.191. The average molecular weight is 405 g/mol. The van der Waals surface area contributed by atoms with E-state index in [4.69, 9.17) is 14.2 Å². The average Bonchev–Trinajstić information content (AvgIpc) is 2.79. The SMILES string of the molecule is COc1ccc(CCOC(=O)CNC(=O)c2ccc(Oc3ccccc3)cc2)cc1. The number of amides is 1. The first kappa shape index (κ1) is 20.9. The molecule has 6 nitrogen and oxygen atoms in total. The zero-order valence-electron chi connectivity index (χ0n) is 16.7. The van der Waals surface area contributed by atoms with Gasteiger partial charge in [-0.15, -0.1) is 0 Å². The molecule has 0 aliphatic carbocycles. The van der Waals surface area contributed by atoms with Gasteiger partial charge >= 0.3 is 5.97 Å².